The van der Waals surface area contributed by atoms with Gasteiger partial charge in [0.2, 0.25) is 0 Å². The predicted octanol–water partition coefficient (Wildman–Crippen LogP) is 6.21. The standard InChI is InChI=1S/C22H42O4/c1-4-6-18-25-21(23)15-13-11-9-8-10-12-14-20(3)16-17-22(24)26-19-7-5-2/h20H,4-19H2,1-3H3. The Morgan fingerprint density at radius 2 is 1.15 bits per heavy atom. The summed E-state index contributed by atoms with van der Waals surface area (Å²) >= 11 is 0. The Hall–Kier alpha value is -1.06. The van der Waals surface area contributed by atoms with Gasteiger partial charge >= 0.3 is 11.9 Å². The molecule has 0 heterocycles. The molecule has 1 unspecified atom stereocenters. The van der Waals surface area contributed by atoms with Crippen molar-refractivity contribution in [1.29, 1.82) is 0 Å². The van der Waals surface area contributed by atoms with Crippen molar-refractivity contribution in [2.45, 2.75) is 111 Å². The van der Waals surface area contributed by atoms with Crippen LogP contribution < -0.4 is 0 Å². The molecule has 0 aliphatic heterocycles. The first-order chi connectivity index (χ1) is 12.6. The van der Waals surface area contributed by atoms with E-state index in [1.165, 1.54) is 32.1 Å². The maximum absolute atomic E-state index is 11.6. The molecule has 0 saturated heterocycles. The summed E-state index contributed by atoms with van der Waals surface area (Å²) in [6, 6.07) is 0. The lowest BCUT2D eigenvalue weighted by Crippen LogP contribution is -2.07. The highest BCUT2D eigenvalue weighted by atomic mass is 16.5. The van der Waals surface area contributed by atoms with Crippen molar-refractivity contribution in [3.05, 3.63) is 0 Å². The first-order valence-electron chi connectivity index (χ1n) is 10.9. The van der Waals surface area contributed by atoms with E-state index in [-0.39, 0.29) is 11.9 Å². The van der Waals surface area contributed by atoms with Gasteiger partial charge in [0.15, 0.2) is 0 Å². The Bertz CT molecular complexity index is 341. The molecule has 4 heteroatoms. The number of carbonyl (C=O) groups excluding carboxylic acids is 2. The van der Waals surface area contributed by atoms with E-state index in [0.717, 1.165) is 44.9 Å². The average Bonchev–Trinajstić information content (AvgIpc) is 2.62. The molecular weight excluding hydrogens is 328 g/mol. The Balaban J connectivity index is 3.36. The van der Waals surface area contributed by atoms with Gasteiger partial charge in [0.1, 0.15) is 0 Å². The van der Waals surface area contributed by atoms with Crippen LogP contribution in [0.15, 0.2) is 0 Å². The summed E-state index contributed by atoms with van der Waals surface area (Å²) < 4.78 is 10.3. The fourth-order valence-corrected chi connectivity index (χ4v) is 2.78. The predicted molar refractivity (Wildman–Crippen MR) is 107 cm³/mol. The highest BCUT2D eigenvalue weighted by Gasteiger charge is 2.08. The summed E-state index contributed by atoms with van der Waals surface area (Å²) in [7, 11) is 0. The van der Waals surface area contributed by atoms with Crippen LogP contribution in [0.5, 0.6) is 0 Å². The number of hydrogen-bond acceptors (Lipinski definition) is 4. The summed E-state index contributed by atoms with van der Waals surface area (Å²) in [5, 5.41) is 0. The Labute approximate surface area is 161 Å². The van der Waals surface area contributed by atoms with Crippen molar-refractivity contribution in [3.63, 3.8) is 0 Å². The monoisotopic (exact) mass is 370 g/mol. The lowest BCUT2D eigenvalue weighted by molar-refractivity contribution is -0.144. The highest BCUT2D eigenvalue weighted by molar-refractivity contribution is 5.69. The smallest absolute Gasteiger partial charge is 0.305 e. The highest BCUT2D eigenvalue weighted by Crippen LogP contribution is 2.17. The van der Waals surface area contributed by atoms with Gasteiger partial charge < -0.3 is 9.47 Å². The fraction of sp³-hybridized carbons (Fsp3) is 0.909. The summed E-state index contributed by atoms with van der Waals surface area (Å²) in [5.41, 5.74) is 0. The minimum Gasteiger partial charge on any atom is -0.466 e. The maximum Gasteiger partial charge on any atom is 0.305 e. The Morgan fingerprint density at radius 3 is 1.73 bits per heavy atom. The molecule has 0 fully saturated rings. The molecular formula is C22H42O4. The molecule has 1 atom stereocenters. The van der Waals surface area contributed by atoms with E-state index in [9.17, 15) is 9.59 Å². The molecule has 0 spiro atoms. The zero-order valence-electron chi connectivity index (χ0n) is 17.5. The van der Waals surface area contributed by atoms with Crippen LogP contribution in [0.4, 0.5) is 0 Å². The van der Waals surface area contributed by atoms with E-state index in [2.05, 4.69) is 20.8 Å². The van der Waals surface area contributed by atoms with Gasteiger partial charge in [-0.1, -0.05) is 72.1 Å². The SMILES string of the molecule is CCCCOC(=O)CCCCCCCCC(C)CCC(=O)OCCCC. The second-order valence-corrected chi connectivity index (χ2v) is 7.45. The summed E-state index contributed by atoms with van der Waals surface area (Å²) in [6.45, 7) is 7.56. The van der Waals surface area contributed by atoms with Gasteiger partial charge in [0.25, 0.3) is 0 Å². The third-order valence-corrected chi connectivity index (χ3v) is 4.69. The van der Waals surface area contributed by atoms with Gasteiger partial charge in [0.05, 0.1) is 13.2 Å². The van der Waals surface area contributed by atoms with Crippen molar-refractivity contribution < 1.29 is 19.1 Å². The topological polar surface area (TPSA) is 52.6 Å². The van der Waals surface area contributed by atoms with Crippen molar-refractivity contribution in [2.24, 2.45) is 5.92 Å². The third kappa shape index (κ3) is 17.8. The summed E-state index contributed by atoms with van der Waals surface area (Å²) in [5.74, 6) is 0.505. The van der Waals surface area contributed by atoms with Crippen LogP contribution in [-0.2, 0) is 19.1 Å². The van der Waals surface area contributed by atoms with Crippen LogP contribution in [0, 0.1) is 5.92 Å². The van der Waals surface area contributed by atoms with Crippen LogP contribution in [-0.4, -0.2) is 25.2 Å². The van der Waals surface area contributed by atoms with E-state index in [4.69, 9.17) is 9.47 Å². The maximum atomic E-state index is 11.6. The minimum absolute atomic E-state index is 0.0412. The molecule has 4 nitrogen and oxygen atoms in total. The van der Waals surface area contributed by atoms with Gasteiger partial charge in [-0.15, -0.1) is 0 Å². The van der Waals surface area contributed by atoms with E-state index in [1.54, 1.807) is 0 Å². The van der Waals surface area contributed by atoms with Gasteiger partial charge in [-0.3, -0.25) is 9.59 Å². The molecule has 0 N–H and O–H groups in total. The number of hydrogen-bond donors (Lipinski definition) is 0. The number of unbranched alkanes of at least 4 members (excludes halogenated alkanes) is 7. The largest absolute Gasteiger partial charge is 0.466 e. The van der Waals surface area contributed by atoms with Gasteiger partial charge in [-0.25, -0.2) is 0 Å². The molecule has 0 aromatic heterocycles. The quantitative estimate of drug-likeness (QED) is 0.212. The molecule has 26 heavy (non-hydrogen) atoms. The molecule has 0 amide bonds. The molecule has 0 aromatic carbocycles. The molecule has 0 aliphatic rings. The van der Waals surface area contributed by atoms with Gasteiger partial charge in [-0.2, -0.15) is 0 Å². The molecule has 0 radical (unpaired) electrons. The molecule has 0 aliphatic carbocycles. The number of esters is 2. The van der Waals surface area contributed by atoms with Crippen molar-refractivity contribution in [3.8, 4) is 0 Å². The summed E-state index contributed by atoms with van der Waals surface area (Å²) in [6.07, 6.45) is 14.2. The molecule has 0 saturated carbocycles. The van der Waals surface area contributed by atoms with Crippen LogP contribution in [0.3, 0.4) is 0 Å². The third-order valence-electron chi connectivity index (χ3n) is 4.69. The normalized spacial score (nSPS) is 12.0. The second-order valence-electron chi connectivity index (χ2n) is 7.45. The minimum atomic E-state index is -0.0430. The number of rotatable bonds is 18. The molecule has 0 bridgehead atoms. The van der Waals surface area contributed by atoms with Crippen molar-refractivity contribution in [1.82, 2.24) is 0 Å². The number of ether oxygens (including phenoxy) is 2. The second kappa shape index (κ2) is 18.7. The van der Waals surface area contributed by atoms with Gasteiger partial charge in [-0.05, 0) is 31.6 Å². The van der Waals surface area contributed by atoms with Crippen molar-refractivity contribution >= 4 is 11.9 Å². The zero-order chi connectivity index (χ0) is 19.5. The average molecular weight is 371 g/mol. The van der Waals surface area contributed by atoms with Crippen molar-refractivity contribution in [2.75, 3.05) is 13.2 Å². The van der Waals surface area contributed by atoms with Gasteiger partial charge in [0, 0.05) is 12.8 Å². The molecule has 154 valence electrons. The van der Waals surface area contributed by atoms with E-state index >= 15 is 0 Å². The van der Waals surface area contributed by atoms with Crippen LogP contribution in [0.25, 0.3) is 0 Å². The lowest BCUT2D eigenvalue weighted by atomic mass is 9.97. The Kier molecular flexibility index (Phi) is 18.0. The van der Waals surface area contributed by atoms with Crippen LogP contribution >= 0.6 is 0 Å². The first kappa shape index (κ1) is 24.9. The lowest BCUT2D eigenvalue weighted by Gasteiger charge is -2.11. The van der Waals surface area contributed by atoms with E-state index < -0.39 is 0 Å². The van der Waals surface area contributed by atoms with Crippen LogP contribution in [0.1, 0.15) is 111 Å². The fourth-order valence-electron chi connectivity index (χ4n) is 2.78. The van der Waals surface area contributed by atoms with E-state index in [0.29, 0.717) is 32.0 Å². The number of carbonyl (C=O) groups is 2. The zero-order valence-corrected chi connectivity index (χ0v) is 17.5. The molecule has 0 rings (SSSR count). The Morgan fingerprint density at radius 1 is 0.654 bits per heavy atom. The first-order valence-corrected chi connectivity index (χ1v) is 10.9. The summed E-state index contributed by atoms with van der Waals surface area (Å²) in [4.78, 5) is 23.0. The van der Waals surface area contributed by atoms with E-state index in [1.807, 2.05) is 0 Å². The molecule has 0 aromatic rings. The van der Waals surface area contributed by atoms with Crippen LogP contribution in [0.2, 0.25) is 0 Å².